The lowest BCUT2D eigenvalue weighted by atomic mass is 9.95. The summed E-state index contributed by atoms with van der Waals surface area (Å²) in [5.74, 6) is 0.368. The summed E-state index contributed by atoms with van der Waals surface area (Å²) in [7, 11) is 0. The third kappa shape index (κ3) is 6.19. The van der Waals surface area contributed by atoms with Crippen LogP contribution >= 0.6 is 24.8 Å². The highest BCUT2D eigenvalue weighted by molar-refractivity contribution is 5.85. The predicted octanol–water partition coefficient (Wildman–Crippen LogP) is 3.07. The van der Waals surface area contributed by atoms with Gasteiger partial charge in [0.05, 0.1) is 19.1 Å². The Morgan fingerprint density at radius 3 is 2.33 bits per heavy atom. The summed E-state index contributed by atoms with van der Waals surface area (Å²) in [6, 6.07) is 20.7. The Hall–Kier alpha value is -1.63. The molecule has 2 aliphatic rings. The first-order chi connectivity index (χ1) is 13.7. The zero-order valence-corrected chi connectivity index (χ0v) is 18.7. The molecule has 0 saturated carbocycles. The predicted molar refractivity (Wildman–Crippen MR) is 124 cm³/mol. The second kappa shape index (κ2) is 11.7. The molecule has 164 valence electrons. The highest BCUT2D eigenvalue weighted by atomic mass is 35.5. The number of carbonyl (C=O) groups excluding carboxylic acids is 1. The monoisotopic (exact) mass is 451 g/mol. The number of rotatable bonds is 5. The zero-order chi connectivity index (χ0) is 19.3. The third-order valence-electron chi connectivity index (χ3n) is 5.82. The standard InChI is InChI=1S/C23H29N3O2.2ClH/c24-22-17-26(16-21(22)19-9-5-2-6-10-19)23(27)13-20-15-25(11-12-28-20)14-18-7-3-1-4-8-18;;/h1-10,20-22H,11-17,24H2;2*1H/t20?,21-,22+;;/m0../s1. The molecule has 0 radical (unpaired) electrons. The largest absolute Gasteiger partial charge is 0.375 e. The van der Waals surface area contributed by atoms with Crippen molar-refractivity contribution in [3.05, 3.63) is 71.8 Å². The number of hydrogen-bond donors (Lipinski definition) is 1. The molecule has 1 amide bonds. The molecule has 2 aliphatic heterocycles. The van der Waals surface area contributed by atoms with Crippen molar-refractivity contribution >= 4 is 30.7 Å². The number of nitrogens with two attached hydrogens (primary N) is 1. The highest BCUT2D eigenvalue weighted by Gasteiger charge is 2.35. The summed E-state index contributed by atoms with van der Waals surface area (Å²) >= 11 is 0. The molecule has 1 unspecified atom stereocenters. The van der Waals surface area contributed by atoms with Crippen LogP contribution in [0.25, 0.3) is 0 Å². The van der Waals surface area contributed by atoms with Gasteiger partial charge in [-0.1, -0.05) is 60.7 Å². The van der Waals surface area contributed by atoms with Crippen LogP contribution in [0.15, 0.2) is 60.7 Å². The Bertz CT molecular complexity index is 779. The second-order valence-corrected chi connectivity index (χ2v) is 7.90. The van der Waals surface area contributed by atoms with Crippen LogP contribution in [0.5, 0.6) is 0 Å². The van der Waals surface area contributed by atoms with Gasteiger partial charge in [0.1, 0.15) is 0 Å². The maximum Gasteiger partial charge on any atom is 0.225 e. The van der Waals surface area contributed by atoms with E-state index in [-0.39, 0.29) is 48.8 Å². The van der Waals surface area contributed by atoms with E-state index in [2.05, 4.69) is 41.3 Å². The van der Waals surface area contributed by atoms with Gasteiger partial charge < -0.3 is 15.4 Å². The van der Waals surface area contributed by atoms with E-state index in [0.29, 0.717) is 26.1 Å². The highest BCUT2D eigenvalue weighted by Crippen LogP contribution is 2.27. The molecule has 0 spiro atoms. The number of carbonyl (C=O) groups is 1. The Morgan fingerprint density at radius 1 is 0.967 bits per heavy atom. The Balaban J connectivity index is 0.00000160. The van der Waals surface area contributed by atoms with Gasteiger partial charge in [-0.25, -0.2) is 0 Å². The van der Waals surface area contributed by atoms with Crippen molar-refractivity contribution in [1.82, 2.24) is 9.80 Å². The van der Waals surface area contributed by atoms with E-state index in [0.717, 1.165) is 19.6 Å². The average Bonchev–Trinajstić information content (AvgIpc) is 3.12. The molecule has 2 heterocycles. The molecule has 0 bridgehead atoms. The first-order valence-electron chi connectivity index (χ1n) is 10.2. The van der Waals surface area contributed by atoms with Crippen molar-refractivity contribution in [3.63, 3.8) is 0 Å². The summed E-state index contributed by atoms with van der Waals surface area (Å²) in [5, 5.41) is 0. The van der Waals surface area contributed by atoms with E-state index in [9.17, 15) is 4.79 Å². The van der Waals surface area contributed by atoms with Gasteiger partial charge in [0.25, 0.3) is 0 Å². The van der Waals surface area contributed by atoms with Crippen molar-refractivity contribution in [1.29, 1.82) is 0 Å². The van der Waals surface area contributed by atoms with Gasteiger partial charge in [-0.2, -0.15) is 0 Å². The quantitative estimate of drug-likeness (QED) is 0.758. The number of nitrogens with zero attached hydrogens (tertiary/aromatic N) is 2. The first kappa shape index (κ1) is 24.6. The molecule has 0 aliphatic carbocycles. The van der Waals surface area contributed by atoms with E-state index in [1.165, 1.54) is 11.1 Å². The van der Waals surface area contributed by atoms with E-state index >= 15 is 0 Å². The van der Waals surface area contributed by atoms with Crippen molar-refractivity contribution in [3.8, 4) is 0 Å². The lowest BCUT2D eigenvalue weighted by molar-refractivity contribution is -0.135. The molecule has 2 N–H and O–H groups in total. The molecule has 0 aromatic heterocycles. The summed E-state index contributed by atoms with van der Waals surface area (Å²) in [6.45, 7) is 4.60. The van der Waals surface area contributed by atoms with Gasteiger partial charge in [0.15, 0.2) is 0 Å². The molecule has 5 nitrogen and oxygen atoms in total. The lowest BCUT2D eigenvalue weighted by Gasteiger charge is -2.33. The molecular weight excluding hydrogens is 421 g/mol. The number of morpholine rings is 1. The van der Waals surface area contributed by atoms with Gasteiger partial charge in [0, 0.05) is 44.7 Å². The maximum atomic E-state index is 12.9. The van der Waals surface area contributed by atoms with Crippen molar-refractivity contribution in [2.75, 3.05) is 32.8 Å². The summed E-state index contributed by atoms with van der Waals surface area (Å²) in [5.41, 5.74) is 8.86. The second-order valence-electron chi connectivity index (χ2n) is 7.90. The molecule has 2 aromatic carbocycles. The van der Waals surface area contributed by atoms with Gasteiger partial charge in [-0.05, 0) is 11.1 Å². The Labute approximate surface area is 191 Å². The molecule has 4 rings (SSSR count). The molecule has 30 heavy (non-hydrogen) atoms. The van der Waals surface area contributed by atoms with Crippen LogP contribution in [0.1, 0.15) is 23.5 Å². The van der Waals surface area contributed by atoms with E-state index < -0.39 is 0 Å². The fourth-order valence-electron chi connectivity index (χ4n) is 4.30. The van der Waals surface area contributed by atoms with Crippen molar-refractivity contribution in [2.24, 2.45) is 5.73 Å². The van der Waals surface area contributed by atoms with Crippen LogP contribution in [0.4, 0.5) is 0 Å². The molecule has 7 heteroatoms. The number of hydrogen-bond acceptors (Lipinski definition) is 4. The van der Waals surface area contributed by atoms with Gasteiger partial charge in [0.2, 0.25) is 5.91 Å². The number of likely N-dealkylation sites (tertiary alicyclic amines) is 1. The molecule has 2 fully saturated rings. The van der Waals surface area contributed by atoms with Crippen LogP contribution in [-0.2, 0) is 16.1 Å². The van der Waals surface area contributed by atoms with E-state index in [1.807, 2.05) is 29.2 Å². The summed E-state index contributed by atoms with van der Waals surface area (Å²) < 4.78 is 5.89. The van der Waals surface area contributed by atoms with Gasteiger partial charge in [-0.15, -0.1) is 24.8 Å². The molecule has 3 atom stereocenters. The third-order valence-corrected chi connectivity index (χ3v) is 5.82. The average molecular weight is 452 g/mol. The number of benzene rings is 2. The van der Waals surface area contributed by atoms with Crippen molar-refractivity contribution in [2.45, 2.75) is 31.0 Å². The summed E-state index contributed by atoms with van der Waals surface area (Å²) in [4.78, 5) is 17.2. The van der Waals surface area contributed by atoms with Crippen LogP contribution in [-0.4, -0.2) is 60.6 Å². The zero-order valence-electron chi connectivity index (χ0n) is 17.1. The Kier molecular flexibility index (Phi) is 9.59. The minimum absolute atomic E-state index is 0. The van der Waals surface area contributed by atoms with Gasteiger partial charge >= 0.3 is 0 Å². The molecular formula is C23H31Cl2N3O2. The minimum Gasteiger partial charge on any atom is -0.375 e. The van der Waals surface area contributed by atoms with E-state index in [1.54, 1.807) is 0 Å². The fraction of sp³-hybridized carbons (Fsp3) is 0.435. The van der Waals surface area contributed by atoms with Gasteiger partial charge in [-0.3, -0.25) is 9.69 Å². The minimum atomic E-state index is -0.0445. The fourth-order valence-corrected chi connectivity index (χ4v) is 4.30. The SMILES string of the molecule is Cl.Cl.N[C@@H]1CN(C(=O)CC2CN(Cc3ccccc3)CCO2)C[C@H]1c1ccccc1. The molecule has 2 aromatic rings. The first-order valence-corrected chi connectivity index (χ1v) is 10.2. The Morgan fingerprint density at radius 2 is 1.63 bits per heavy atom. The summed E-state index contributed by atoms with van der Waals surface area (Å²) in [6.07, 6.45) is 0.386. The van der Waals surface area contributed by atoms with Crippen LogP contribution < -0.4 is 5.73 Å². The van der Waals surface area contributed by atoms with Crippen LogP contribution in [0.2, 0.25) is 0 Å². The normalized spacial score (nSPS) is 24.0. The van der Waals surface area contributed by atoms with Crippen LogP contribution in [0, 0.1) is 0 Å². The molecule has 2 saturated heterocycles. The maximum absolute atomic E-state index is 12.9. The number of amides is 1. The lowest BCUT2D eigenvalue weighted by Crippen LogP contribution is -2.44. The smallest absolute Gasteiger partial charge is 0.225 e. The van der Waals surface area contributed by atoms with Crippen molar-refractivity contribution < 1.29 is 9.53 Å². The topological polar surface area (TPSA) is 58.8 Å². The van der Waals surface area contributed by atoms with E-state index in [4.69, 9.17) is 10.5 Å². The van der Waals surface area contributed by atoms with Crippen LogP contribution in [0.3, 0.4) is 0 Å². The number of ether oxygens (including phenoxy) is 1. The number of halogens is 2.